The van der Waals surface area contributed by atoms with Crippen LogP contribution in [-0.2, 0) is 14.7 Å². The largest absolute Gasteiger partial charge is 0.469 e. The summed E-state index contributed by atoms with van der Waals surface area (Å²) in [5.74, 6) is -0.989. The zero-order valence-corrected chi connectivity index (χ0v) is 10.6. The van der Waals surface area contributed by atoms with Crippen LogP contribution in [-0.4, -0.2) is 35.3 Å². The number of hydrogen-bond acceptors (Lipinski definition) is 4. The lowest BCUT2D eigenvalue weighted by atomic mass is 9.71. The smallest absolute Gasteiger partial charge is 0.312 e. The van der Waals surface area contributed by atoms with E-state index in [1.165, 1.54) is 7.11 Å². The lowest BCUT2D eigenvalue weighted by molar-refractivity contribution is -0.302. The number of methoxy groups -OCH3 is 1. The molecular weight excluding hydrogens is 208 g/mol. The van der Waals surface area contributed by atoms with Gasteiger partial charge in [-0.3, -0.25) is 4.79 Å². The molecule has 1 aliphatic heterocycles. The van der Waals surface area contributed by atoms with Gasteiger partial charge in [0.2, 0.25) is 0 Å². The lowest BCUT2D eigenvalue weighted by Crippen LogP contribution is -2.68. The number of nitrogens with two attached hydrogens (primary N) is 1. The first-order chi connectivity index (χ1) is 7.14. The van der Waals surface area contributed by atoms with Crippen molar-refractivity contribution >= 4 is 5.97 Å². The van der Waals surface area contributed by atoms with Crippen LogP contribution in [0.25, 0.3) is 0 Å². The fourth-order valence-corrected chi connectivity index (χ4v) is 2.80. The third kappa shape index (κ3) is 1.95. The molecule has 0 aliphatic carbocycles. The molecule has 1 radical (unpaired) electrons. The quantitative estimate of drug-likeness (QED) is 0.672. The van der Waals surface area contributed by atoms with Crippen molar-refractivity contribution in [1.82, 2.24) is 5.06 Å². The monoisotopic (exact) mass is 229 g/mol. The highest BCUT2D eigenvalue weighted by Gasteiger charge is 2.54. The van der Waals surface area contributed by atoms with Crippen molar-refractivity contribution in [1.29, 1.82) is 0 Å². The topological polar surface area (TPSA) is 75.5 Å². The van der Waals surface area contributed by atoms with Gasteiger partial charge in [-0.25, -0.2) is 0 Å². The molecule has 1 aliphatic rings. The highest BCUT2D eigenvalue weighted by atomic mass is 16.5. The number of carbonyl (C=O) groups excluding carboxylic acids is 1. The van der Waals surface area contributed by atoms with E-state index in [9.17, 15) is 10.0 Å². The van der Waals surface area contributed by atoms with Gasteiger partial charge in [0.1, 0.15) is 0 Å². The fourth-order valence-electron chi connectivity index (χ4n) is 2.80. The van der Waals surface area contributed by atoms with Crippen LogP contribution in [0.5, 0.6) is 0 Å². The van der Waals surface area contributed by atoms with Crippen LogP contribution in [0.15, 0.2) is 0 Å². The second-order valence-electron chi connectivity index (χ2n) is 5.63. The summed E-state index contributed by atoms with van der Waals surface area (Å²) in [5, 5.41) is 13.2. The van der Waals surface area contributed by atoms with E-state index < -0.39 is 23.0 Å². The van der Waals surface area contributed by atoms with Gasteiger partial charge in [-0.1, -0.05) is 0 Å². The maximum atomic E-state index is 12.2. The van der Waals surface area contributed by atoms with Gasteiger partial charge < -0.3 is 10.5 Å². The highest BCUT2D eigenvalue weighted by molar-refractivity contribution is 5.75. The molecule has 0 saturated carbocycles. The Hall–Kier alpha value is -0.650. The van der Waals surface area contributed by atoms with Gasteiger partial charge in [0.25, 0.3) is 0 Å². The van der Waals surface area contributed by atoms with E-state index in [4.69, 9.17) is 10.5 Å². The Morgan fingerprint density at radius 1 is 1.38 bits per heavy atom. The summed E-state index contributed by atoms with van der Waals surface area (Å²) in [6.07, 6.45) is 0.486. The first-order valence-electron chi connectivity index (χ1n) is 5.45. The van der Waals surface area contributed by atoms with E-state index in [0.717, 1.165) is 5.06 Å². The summed E-state index contributed by atoms with van der Waals surface area (Å²) in [6.45, 7) is 7.16. The number of rotatable bonds is 1. The Balaban J connectivity index is 3.08. The number of esters is 1. The summed E-state index contributed by atoms with van der Waals surface area (Å²) in [4.78, 5) is 11.7. The normalized spacial score (nSPS) is 33.4. The van der Waals surface area contributed by atoms with Crippen molar-refractivity contribution in [2.75, 3.05) is 7.11 Å². The number of piperidine rings is 1. The third-order valence-corrected chi connectivity index (χ3v) is 3.45. The van der Waals surface area contributed by atoms with Crippen LogP contribution in [0.1, 0.15) is 34.1 Å². The van der Waals surface area contributed by atoms with Crippen molar-refractivity contribution in [3.63, 3.8) is 0 Å². The molecule has 1 heterocycles. The molecule has 1 fully saturated rings. The van der Waals surface area contributed by atoms with Crippen LogP contribution in [0.4, 0.5) is 0 Å². The van der Waals surface area contributed by atoms with E-state index in [-0.39, 0.29) is 6.04 Å². The Kier molecular flexibility index (Phi) is 3.34. The van der Waals surface area contributed by atoms with Gasteiger partial charge in [0, 0.05) is 11.6 Å². The molecule has 2 atom stereocenters. The first-order valence-corrected chi connectivity index (χ1v) is 5.45. The van der Waals surface area contributed by atoms with Crippen LogP contribution in [0, 0.1) is 5.92 Å². The molecule has 0 aromatic carbocycles. The van der Waals surface area contributed by atoms with Crippen LogP contribution in [0.3, 0.4) is 0 Å². The number of nitrogens with zero attached hydrogens (tertiary/aromatic N) is 1. The zero-order chi connectivity index (χ0) is 12.7. The molecule has 0 unspecified atom stereocenters. The summed E-state index contributed by atoms with van der Waals surface area (Å²) in [7, 11) is 1.32. The summed E-state index contributed by atoms with van der Waals surface area (Å²) in [5.41, 5.74) is 4.62. The molecule has 1 rings (SSSR count). The second kappa shape index (κ2) is 3.98. The van der Waals surface area contributed by atoms with Crippen molar-refractivity contribution in [2.24, 2.45) is 11.7 Å². The lowest BCUT2D eigenvalue weighted by Gasteiger charge is -2.52. The van der Waals surface area contributed by atoms with E-state index in [1.807, 2.05) is 13.8 Å². The van der Waals surface area contributed by atoms with E-state index >= 15 is 0 Å². The maximum Gasteiger partial charge on any atom is 0.312 e. The molecule has 16 heavy (non-hydrogen) atoms. The number of hydroxylamine groups is 2. The SMILES string of the molecule is COC(=O)[C@H]1[C@@H](N)CC(C)(C)N([O])C1(C)C. The number of carbonyl (C=O) groups is 1. The van der Waals surface area contributed by atoms with Gasteiger partial charge in [0.05, 0.1) is 18.6 Å². The predicted octanol–water partition coefficient (Wildman–Crippen LogP) is 0.711. The van der Waals surface area contributed by atoms with Gasteiger partial charge in [-0.05, 0) is 34.1 Å². The molecule has 0 amide bonds. The molecule has 0 aromatic heterocycles. The molecule has 93 valence electrons. The molecule has 1 saturated heterocycles. The number of ether oxygens (including phenoxy) is 1. The van der Waals surface area contributed by atoms with Crippen molar-refractivity contribution < 1.29 is 14.7 Å². The highest BCUT2D eigenvalue weighted by Crippen LogP contribution is 2.40. The maximum absolute atomic E-state index is 12.2. The van der Waals surface area contributed by atoms with Crippen LogP contribution >= 0.6 is 0 Å². The van der Waals surface area contributed by atoms with Gasteiger partial charge in [-0.2, -0.15) is 0 Å². The van der Waals surface area contributed by atoms with Crippen molar-refractivity contribution in [2.45, 2.75) is 51.2 Å². The Morgan fingerprint density at radius 3 is 2.31 bits per heavy atom. The average Bonchev–Trinajstić information content (AvgIpc) is 2.13. The molecule has 2 N–H and O–H groups in total. The summed E-state index contributed by atoms with van der Waals surface area (Å²) in [6, 6.07) is -0.345. The summed E-state index contributed by atoms with van der Waals surface area (Å²) >= 11 is 0. The minimum Gasteiger partial charge on any atom is -0.469 e. The molecule has 0 bridgehead atoms. The molecule has 5 nitrogen and oxygen atoms in total. The predicted molar refractivity (Wildman–Crippen MR) is 58.8 cm³/mol. The van der Waals surface area contributed by atoms with Gasteiger partial charge >= 0.3 is 5.97 Å². The van der Waals surface area contributed by atoms with E-state index in [2.05, 4.69) is 0 Å². The molecular formula is C11H21N2O3. The Bertz CT molecular complexity index is 289. The van der Waals surface area contributed by atoms with Crippen LogP contribution in [0.2, 0.25) is 0 Å². The van der Waals surface area contributed by atoms with Crippen LogP contribution < -0.4 is 5.73 Å². The Morgan fingerprint density at radius 2 is 1.88 bits per heavy atom. The van der Waals surface area contributed by atoms with Gasteiger partial charge in [0.15, 0.2) is 0 Å². The van der Waals surface area contributed by atoms with Gasteiger partial charge in [-0.15, -0.1) is 10.3 Å². The minimum absolute atomic E-state index is 0.345. The zero-order valence-electron chi connectivity index (χ0n) is 10.6. The van der Waals surface area contributed by atoms with E-state index in [0.29, 0.717) is 6.42 Å². The van der Waals surface area contributed by atoms with E-state index in [1.54, 1.807) is 13.8 Å². The molecule has 5 heteroatoms. The molecule has 0 aromatic rings. The number of hydrogen-bond donors (Lipinski definition) is 1. The first kappa shape index (κ1) is 13.4. The van der Waals surface area contributed by atoms with Crippen molar-refractivity contribution in [3.05, 3.63) is 0 Å². The molecule has 0 spiro atoms. The van der Waals surface area contributed by atoms with Crippen molar-refractivity contribution in [3.8, 4) is 0 Å². The average molecular weight is 229 g/mol. The second-order valence-corrected chi connectivity index (χ2v) is 5.63. The standard InChI is InChI=1S/C11H21N2O3/c1-10(2)6-7(12)8(9(14)16-5)11(3,4)13(10)15/h7-8H,6,12H2,1-5H3/t7-,8+/m0/s1. The minimum atomic E-state index is -0.839. The third-order valence-electron chi connectivity index (χ3n) is 3.45. The fraction of sp³-hybridized carbons (Fsp3) is 0.909. The summed E-state index contributed by atoms with van der Waals surface area (Å²) < 4.78 is 4.73. The Labute approximate surface area is 96.5 Å².